The number of hydrogen-bond donors (Lipinski definition) is 2. The van der Waals surface area contributed by atoms with Crippen molar-refractivity contribution >= 4 is 15.7 Å². The quantitative estimate of drug-likeness (QED) is 0.880. The van der Waals surface area contributed by atoms with E-state index < -0.39 is 10.0 Å². The van der Waals surface area contributed by atoms with Crippen LogP contribution >= 0.6 is 0 Å². The van der Waals surface area contributed by atoms with E-state index in [4.69, 9.17) is 0 Å². The molecular weight excluding hydrogens is 260 g/mol. The number of rotatable bonds is 5. The summed E-state index contributed by atoms with van der Waals surface area (Å²) in [5.41, 5.74) is 1.51. The molecule has 2 aromatic carbocycles. The third-order valence-electron chi connectivity index (χ3n) is 2.76. The molecule has 2 rings (SSSR count). The van der Waals surface area contributed by atoms with Gasteiger partial charge in [-0.3, -0.25) is 0 Å². The topological polar surface area (TPSA) is 58.2 Å². The number of hydrogen-bond acceptors (Lipinski definition) is 3. The van der Waals surface area contributed by atoms with Gasteiger partial charge in [0.25, 0.3) is 0 Å². The van der Waals surface area contributed by atoms with Gasteiger partial charge in [-0.1, -0.05) is 42.5 Å². The van der Waals surface area contributed by atoms with Crippen LogP contribution in [-0.2, 0) is 16.6 Å². The van der Waals surface area contributed by atoms with E-state index in [1.807, 2.05) is 30.3 Å². The zero-order valence-corrected chi connectivity index (χ0v) is 11.4. The average Bonchev–Trinajstić information content (AvgIpc) is 2.46. The van der Waals surface area contributed by atoms with Crippen LogP contribution in [0.4, 0.5) is 5.69 Å². The summed E-state index contributed by atoms with van der Waals surface area (Å²) < 4.78 is 27.1. The lowest BCUT2D eigenvalue weighted by Crippen LogP contribution is -2.24. The summed E-state index contributed by atoms with van der Waals surface area (Å²) in [5, 5.41) is 2.88. The van der Waals surface area contributed by atoms with Crippen molar-refractivity contribution in [3.8, 4) is 0 Å². The fourth-order valence-electron chi connectivity index (χ4n) is 1.76. The minimum absolute atomic E-state index is 0.258. The van der Waals surface area contributed by atoms with Gasteiger partial charge < -0.3 is 5.32 Å². The maximum absolute atomic E-state index is 12.2. The highest BCUT2D eigenvalue weighted by atomic mass is 32.2. The molecule has 0 spiro atoms. The summed E-state index contributed by atoms with van der Waals surface area (Å²) in [6.45, 7) is 0.279. The van der Waals surface area contributed by atoms with E-state index in [-0.39, 0.29) is 11.4 Å². The molecule has 0 aliphatic rings. The van der Waals surface area contributed by atoms with Crippen LogP contribution in [0.3, 0.4) is 0 Å². The first-order chi connectivity index (χ1) is 9.13. The maximum Gasteiger partial charge on any atom is 0.242 e. The number of para-hydroxylation sites is 1. The van der Waals surface area contributed by atoms with E-state index in [1.54, 1.807) is 31.3 Å². The molecule has 0 saturated carbocycles. The fraction of sp³-hybridized carbons (Fsp3) is 0.143. The Morgan fingerprint density at radius 2 is 1.58 bits per heavy atom. The molecule has 4 nitrogen and oxygen atoms in total. The van der Waals surface area contributed by atoms with Crippen LogP contribution in [0.5, 0.6) is 0 Å². The van der Waals surface area contributed by atoms with Crippen LogP contribution < -0.4 is 10.0 Å². The molecule has 2 aromatic rings. The predicted molar refractivity (Wildman–Crippen MR) is 76.5 cm³/mol. The normalized spacial score (nSPS) is 11.2. The standard InChI is InChI=1S/C14H16N2O2S/c1-15-13-9-5-6-10-14(13)19(17,18)16-11-12-7-3-2-4-8-12/h2-10,15-16H,11H2,1H3. The summed E-state index contributed by atoms with van der Waals surface area (Å²) in [6.07, 6.45) is 0. The molecule has 0 radical (unpaired) electrons. The molecule has 0 fully saturated rings. The molecular formula is C14H16N2O2S. The van der Waals surface area contributed by atoms with Gasteiger partial charge in [-0.25, -0.2) is 13.1 Å². The van der Waals surface area contributed by atoms with Gasteiger partial charge in [0.15, 0.2) is 0 Å². The van der Waals surface area contributed by atoms with E-state index in [2.05, 4.69) is 10.0 Å². The molecule has 2 N–H and O–H groups in total. The van der Waals surface area contributed by atoms with Crippen LogP contribution in [0.2, 0.25) is 0 Å². The lowest BCUT2D eigenvalue weighted by Gasteiger charge is -2.11. The summed E-state index contributed by atoms with van der Waals surface area (Å²) >= 11 is 0. The van der Waals surface area contributed by atoms with Gasteiger partial charge in [0.05, 0.1) is 5.69 Å². The van der Waals surface area contributed by atoms with Gasteiger partial charge in [-0.15, -0.1) is 0 Å². The first-order valence-corrected chi connectivity index (χ1v) is 7.42. The smallest absolute Gasteiger partial charge is 0.242 e. The van der Waals surface area contributed by atoms with Gasteiger partial charge in [-0.05, 0) is 17.7 Å². The zero-order chi connectivity index (χ0) is 13.7. The maximum atomic E-state index is 12.2. The zero-order valence-electron chi connectivity index (χ0n) is 10.6. The molecule has 0 saturated heterocycles. The van der Waals surface area contributed by atoms with E-state index in [0.717, 1.165) is 5.56 Å². The minimum atomic E-state index is -3.51. The van der Waals surface area contributed by atoms with E-state index in [0.29, 0.717) is 5.69 Å². The molecule has 0 aliphatic heterocycles. The first kappa shape index (κ1) is 13.6. The van der Waals surface area contributed by atoms with Crippen LogP contribution in [0.25, 0.3) is 0 Å². The Morgan fingerprint density at radius 3 is 2.26 bits per heavy atom. The lowest BCUT2D eigenvalue weighted by molar-refractivity contribution is 0.581. The lowest BCUT2D eigenvalue weighted by atomic mass is 10.2. The van der Waals surface area contributed by atoms with Crippen molar-refractivity contribution in [1.29, 1.82) is 0 Å². The molecule has 0 unspecified atom stereocenters. The highest BCUT2D eigenvalue weighted by molar-refractivity contribution is 7.89. The number of anilines is 1. The van der Waals surface area contributed by atoms with Crippen molar-refractivity contribution in [3.05, 3.63) is 60.2 Å². The van der Waals surface area contributed by atoms with Crippen molar-refractivity contribution in [2.24, 2.45) is 0 Å². The number of nitrogens with one attached hydrogen (secondary N) is 2. The third kappa shape index (κ3) is 3.33. The molecule has 0 heterocycles. The van der Waals surface area contributed by atoms with Crippen LogP contribution in [0, 0.1) is 0 Å². The molecule has 0 amide bonds. The summed E-state index contributed by atoms with van der Waals surface area (Å²) in [7, 11) is -1.81. The molecule has 0 aliphatic carbocycles. The van der Waals surface area contributed by atoms with Crippen molar-refractivity contribution in [2.75, 3.05) is 12.4 Å². The highest BCUT2D eigenvalue weighted by Crippen LogP contribution is 2.20. The molecule has 5 heteroatoms. The van der Waals surface area contributed by atoms with Gasteiger partial charge in [-0.2, -0.15) is 0 Å². The van der Waals surface area contributed by atoms with E-state index >= 15 is 0 Å². The van der Waals surface area contributed by atoms with E-state index in [1.165, 1.54) is 0 Å². The van der Waals surface area contributed by atoms with Gasteiger partial charge in [0.1, 0.15) is 4.90 Å². The fourth-order valence-corrected chi connectivity index (χ4v) is 2.99. The Bertz CT molecular complexity index is 640. The Labute approximate surface area is 113 Å². The highest BCUT2D eigenvalue weighted by Gasteiger charge is 2.16. The van der Waals surface area contributed by atoms with Crippen molar-refractivity contribution in [2.45, 2.75) is 11.4 Å². The second-order valence-electron chi connectivity index (χ2n) is 4.06. The van der Waals surface area contributed by atoms with Crippen LogP contribution in [0.15, 0.2) is 59.5 Å². The van der Waals surface area contributed by atoms with Crippen LogP contribution in [-0.4, -0.2) is 15.5 Å². The van der Waals surface area contributed by atoms with E-state index in [9.17, 15) is 8.42 Å². The van der Waals surface area contributed by atoms with Crippen molar-refractivity contribution in [1.82, 2.24) is 4.72 Å². The summed E-state index contributed by atoms with van der Waals surface area (Å²) in [6, 6.07) is 16.2. The minimum Gasteiger partial charge on any atom is -0.387 e. The predicted octanol–water partition coefficient (Wildman–Crippen LogP) is 2.21. The monoisotopic (exact) mass is 276 g/mol. The number of benzene rings is 2. The Kier molecular flexibility index (Phi) is 4.19. The van der Waals surface area contributed by atoms with Crippen LogP contribution in [0.1, 0.15) is 5.56 Å². The van der Waals surface area contributed by atoms with Gasteiger partial charge in [0.2, 0.25) is 10.0 Å². The summed E-state index contributed by atoms with van der Waals surface area (Å²) in [4.78, 5) is 0.258. The third-order valence-corrected chi connectivity index (χ3v) is 4.21. The first-order valence-electron chi connectivity index (χ1n) is 5.94. The molecule has 0 bridgehead atoms. The molecule has 0 aromatic heterocycles. The largest absolute Gasteiger partial charge is 0.387 e. The second-order valence-corrected chi connectivity index (χ2v) is 5.79. The Morgan fingerprint density at radius 1 is 0.947 bits per heavy atom. The number of sulfonamides is 1. The van der Waals surface area contributed by atoms with Gasteiger partial charge >= 0.3 is 0 Å². The van der Waals surface area contributed by atoms with Gasteiger partial charge in [0, 0.05) is 13.6 Å². The second kappa shape index (κ2) is 5.86. The van der Waals surface area contributed by atoms with Crippen molar-refractivity contribution < 1.29 is 8.42 Å². The summed E-state index contributed by atoms with van der Waals surface area (Å²) in [5.74, 6) is 0. The van der Waals surface area contributed by atoms with Crippen molar-refractivity contribution in [3.63, 3.8) is 0 Å². The average molecular weight is 276 g/mol. The molecule has 19 heavy (non-hydrogen) atoms. The SMILES string of the molecule is CNc1ccccc1S(=O)(=O)NCc1ccccc1. The molecule has 100 valence electrons. The Hall–Kier alpha value is -1.85. The molecule has 0 atom stereocenters. The Balaban J connectivity index is 2.19.